The lowest BCUT2D eigenvalue weighted by molar-refractivity contribution is 0.103. The van der Waals surface area contributed by atoms with Gasteiger partial charge < -0.3 is 10.2 Å². The van der Waals surface area contributed by atoms with Crippen LogP contribution >= 0.6 is 11.3 Å². The molecule has 19 heavy (non-hydrogen) atoms. The van der Waals surface area contributed by atoms with Crippen LogP contribution in [0.5, 0.6) is 0 Å². The Kier molecular flexibility index (Phi) is 4.34. The highest BCUT2D eigenvalue weighted by atomic mass is 32.1. The molecule has 2 aromatic heterocycles. The van der Waals surface area contributed by atoms with Crippen LogP contribution in [0.1, 0.15) is 14.5 Å². The van der Waals surface area contributed by atoms with Crippen molar-refractivity contribution >= 4 is 22.9 Å². The molecule has 0 spiro atoms. The van der Waals surface area contributed by atoms with E-state index in [4.69, 9.17) is 0 Å². The zero-order chi connectivity index (χ0) is 13.8. The number of hydrogen-bond donors (Lipinski definition) is 1. The number of nitrogens with one attached hydrogen (secondary N) is 1. The van der Waals surface area contributed by atoms with Gasteiger partial charge in [0.15, 0.2) is 0 Å². The molecule has 0 radical (unpaired) electrons. The first-order valence-corrected chi connectivity index (χ1v) is 6.91. The summed E-state index contributed by atoms with van der Waals surface area (Å²) < 4.78 is 1.83. The number of anilines is 1. The van der Waals surface area contributed by atoms with Crippen LogP contribution in [0, 0.1) is 6.92 Å². The van der Waals surface area contributed by atoms with Crippen LogP contribution in [0.4, 0.5) is 5.69 Å². The number of nitrogens with zero attached hydrogens (tertiary/aromatic N) is 3. The molecule has 2 rings (SSSR count). The average Bonchev–Trinajstić information content (AvgIpc) is 2.95. The predicted molar refractivity (Wildman–Crippen MR) is 77.8 cm³/mol. The Morgan fingerprint density at radius 2 is 2.26 bits per heavy atom. The van der Waals surface area contributed by atoms with Gasteiger partial charge in [-0.25, -0.2) is 0 Å². The SMILES string of the molecule is Cc1ccc(C(=O)Nc2cnn(CCN(C)C)c2)s1. The highest BCUT2D eigenvalue weighted by Crippen LogP contribution is 2.16. The maximum atomic E-state index is 12.0. The molecule has 0 aliphatic rings. The van der Waals surface area contributed by atoms with Crippen LogP contribution < -0.4 is 5.32 Å². The third kappa shape index (κ3) is 3.90. The van der Waals surface area contributed by atoms with Crippen molar-refractivity contribution in [2.75, 3.05) is 26.0 Å². The number of hydrogen-bond acceptors (Lipinski definition) is 4. The monoisotopic (exact) mass is 278 g/mol. The van der Waals surface area contributed by atoms with Crippen molar-refractivity contribution in [3.05, 3.63) is 34.3 Å². The molecule has 0 aliphatic heterocycles. The summed E-state index contributed by atoms with van der Waals surface area (Å²) in [6.45, 7) is 3.71. The molecule has 102 valence electrons. The van der Waals surface area contributed by atoms with Gasteiger partial charge in [-0.15, -0.1) is 11.3 Å². The predicted octanol–water partition coefficient (Wildman–Crippen LogP) is 2.07. The van der Waals surface area contributed by atoms with Gasteiger partial charge in [0.25, 0.3) is 5.91 Å². The summed E-state index contributed by atoms with van der Waals surface area (Å²) in [6.07, 6.45) is 3.52. The summed E-state index contributed by atoms with van der Waals surface area (Å²) in [7, 11) is 4.04. The molecule has 0 atom stereocenters. The van der Waals surface area contributed by atoms with Gasteiger partial charge in [-0.2, -0.15) is 5.10 Å². The molecule has 2 aromatic rings. The molecule has 2 heterocycles. The minimum Gasteiger partial charge on any atom is -0.319 e. The van der Waals surface area contributed by atoms with Crippen LogP contribution in [-0.2, 0) is 6.54 Å². The van der Waals surface area contributed by atoms with Gasteiger partial charge in [-0.3, -0.25) is 9.48 Å². The third-order valence-electron chi connectivity index (χ3n) is 2.63. The fraction of sp³-hybridized carbons (Fsp3) is 0.385. The van der Waals surface area contributed by atoms with Crippen molar-refractivity contribution in [2.45, 2.75) is 13.5 Å². The summed E-state index contributed by atoms with van der Waals surface area (Å²) in [6, 6.07) is 3.78. The van der Waals surface area contributed by atoms with E-state index in [-0.39, 0.29) is 5.91 Å². The summed E-state index contributed by atoms with van der Waals surface area (Å²) in [5.41, 5.74) is 0.731. The number of thiophene rings is 1. The minimum atomic E-state index is -0.0785. The van der Waals surface area contributed by atoms with E-state index in [9.17, 15) is 4.79 Å². The first-order chi connectivity index (χ1) is 9.04. The lowest BCUT2D eigenvalue weighted by atomic mass is 10.4. The van der Waals surface area contributed by atoms with E-state index in [0.29, 0.717) is 0 Å². The van der Waals surface area contributed by atoms with E-state index in [1.165, 1.54) is 11.3 Å². The van der Waals surface area contributed by atoms with Crippen molar-refractivity contribution in [3.63, 3.8) is 0 Å². The molecule has 0 aromatic carbocycles. The van der Waals surface area contributed by atoms with Crippen molar-refractivity contribution in [1.29, 1.82) is 0 Å². The number of amides is 1. The fourth-order valence-corrected chi connectivity index (χ4v) is 2.36. The first-order valence-electron chi connectivity index (χ1n) is 6.09. The minimum absolute atomic E-state index is 0.0785. The van der Waals surface area contributed by atoms with E-state index in [0.717, 1.165) is 28.5 Å². The lowest BCUT2D eigenvalue weighted by Crippen LogP contribution is -2.18. The largest absolute Gasteiger partial charge is 0.319 e. The normalized spacial score (nSPS) is 10.9. The number of likely N-dealkylation sites (N-methyl/N-ethyl adjacent to an activating group) is 1. The second-order valence-corrected chi connectivity index (χ2v) is 5.95. The topological polar surface area (TPSA) is 50.2 Å². The molecule has 0 aliphatic carbocycles. The van der Waals surface area contributed by atoms with Crippen LogP contribution in [0.2, 0.25) is 0 Å². The Bertz CT molecular complexity index is 558. The average molecular weight is 278 g/mol. The molecule has 5 nitrogen and oxygen atoms in total. The number of aryl methyl sites for hydroxylation is 1. The van der Waals surface area contributed by atoms with Crippen LogP contribution in [0.15, 0.2) is 24.5 Å². The standard InChI is InChI=1S/C13H18N4OS/c1-10-4-5-12(19-10)13(18)15-11-8-14-17(9-11)7-6-16(2)3/h4-5,8-9H,6-7H2,1-3H3,(H,15,18). The van der Waals surface area contributed by atoms with Gasteiger partial charge >= 0.3 is 0 Å². The van der Waals surface area contributed by atoms with Crippen molar-refractivity contribution < 1.29 is 4.79 Å². The quantitative estimate of drug-likeness (QED) is 0.911. The van der Waals surface area contributed by atoms with Crippen molar-refractivity contribution in [3.8, 4) is 0 Å². The van der Waals surface area contributed by atoms with Gasteiger partial charge in [0.2, 0.25) is 0 Å². The molecule has 1 amide bonds. The maximum Gasteiger partial charge on any atom is 0.265 e. The van der Waals surface area contributed by atoms with Crippen LogP contribution in [0.25, 0.3) is 0 Å². The van der Waals surface area contributed by atoms with Gasteiger partial charge in [-0.1, -0.05) is 0 Å². The second-order valence-electron chi connectivity index (χ2n) is 4.66. The Morgan fingerprint density at radius 1 is 1.47 bits per heavy atom. The van der Waals surface area contributed by atoms with Gasteiger partial charge in [0.05, 0.1) is 23.3 Å². The fourth-order valence-electron chi connectivity index (χ4n) is 1.60. The molecule has 1 N–H and O–H groups in total. The summed E-state index contributed by atoms with van der Waals surface area (Å²) >= 11 is 1.49. The molecule has 0 unspecified atom stereocenters. The first kappa shape index (κ1) is 13.8. The number of carbonyl (C=O) groups excluding carboxylic acids is 1. The highest BCUT2D eigenvalue weighted by molar-refractivity contribution is 7.14. The van der Waals surface area contributed by atoms with Crippen LogP contribution in [0.3, 0.4) is 0 Å². The number of carbonyl (C=O) groups is 1. The highest BCUT2D eigenvalue weighted by Gasteiger charge is 2.09. The molecule has 6 heteroatoms. The van der Waals surface area contributed by atoms with E-state index in [1.807, 2.05) is 44.0 Å². The smallest absolute Gasteiger partial charge is 0.265 e. The summed E-state index contributed by atoms with van der Waals surface area (Å²) in [5.74, 6) is -0.0785. The van der Waals surface area contributed by atoms with E-state index < -0.39 is 0 Å². The molecule has 0 bridgehead atoms. The Labute approximate surface area is 116 Å². The molecule has 0 saturated heterocycles. The Hall–Kier alpha value is -1.66. The van der Waals surface area contributed by atoms with E-state index in [1.54, 1.807) is 6.20 Å². The lowest BCUT2D eigenvalue weighted by Gasteiger charge is -2.08. The van der Waals surface area contributed by atoms with E-state index in [2.05, 4.69) is 15.3 Å². The van der Waals surface area contributed by atoms with Gasteiger partial charge in [0, 0.05) is 17.6 Å². The Morgan fingerprint density at radius 3 is 2.89 bits per heavy atom. The number of aromatic nitrogens is 2. The van der Waals surface area contributed by atoms with Gasteiger partial charge in [0.1, 0.15) is 0 Å². The summed E-state index contributed by atoms with van der Waals surface area (Å²) in [4.78, 5) is 15.9. The second kappa shape index (κ2) is 5.99. The molecule has 0 saturated carbocycles. The zero-order valence-corrected chi connectivity index (χ0v) is 12.2. The molecule has 0 fully saturated rings. The van der Waals surface area contributed by atoms with E-state index >= 15 is 0 Å². The van der Waals surface area contributed by atoms with Crippen molar-refractivity contribution in [1.82, 2.24) is 14.7 Å². The maximum absolute atomic E-state index is 12.0. The van der Waals surface area contributed by atoms with Crippen molar-refractivity contribution in [2.24, 2.45) is 0 Å². The summed E-state index contributed by atoms with van der Waals surface area (Å²) in [5, 5.41) is 7.07. The molecular weight excluding hydrogens is 260 g/mol. The molecular formula is C13H18N4OS. The third-order valence-corrected chi connectivity index (χ3v) is 3.63. The number of rotatable bonds is 5. The zero-order valence-electron chi connectivity index (χ0n) is 11.4. The Balaban J connectivity index is 1.94. The van der Waals surface area contributed by atoms with Gasteiger partial charge in [-0.05, 0) is 33.2 Å². The van der Waals surface area contributed by atoms with Crippen LogP contribution in [-0.4, -0.2) is 41.2 Å².